The normalized spacial score (nSPS) is 12.0. The quantitative estimate of drug-likeness (QED) is 0.605. The fourth-order valence-electron chi connectivity index (χ4n) is 2.88. The van der Waals surface area contributed by atoms with Crippen molar-refractivity contribution in [3.8, 4) is 0 Å². The average Bonchev–Trinajstić information content (AvgIpc) is 2.65. The molecular weight excluding hydrogens is 404 g/mol. The molecule has 1 unspecified atom stereocenters. The number of benzene rings is 3. The molecule has 5 heteroatoms. The molecule has 0 saturated carbocycles. The van der Waals surface area contributed by atoms with E-state index in [9.17, 15) is 9.59 Å². The smallest absolute Gasteiger partial charge is 0.251 e. The average molecular weight is 425 g/mol. The van der Waals surface area contributed by atoms with E-state index in [-0.39, 0.29) is 17.7 Å². The molecule has 1 atom stereocenters. The second-order valence-electron chi connectivity index (χ2n) is 6.76. The summed E-state index contributed by atoms with van der Waals surface area (Å²) in [6.07, 6.45) is 0. The summed E-state index contributed by atoms with van der Waals surface area (Å²) in [5.41, 5.74) is 1.22. The first-order chi connectivity index (χ1) is 12.9. The highest BCUT2D eigenvalue weighted by Crippen LogP contribution is 2.19. The molecule has 2 amide bonds. The van der Waals surface area contributed by atoms with Gasteiger partial charge in [0.05, 0.1) is 0 Å². The van der Waals surface area contributed by atoms with Crippen LogP contribution in [0.15, 0.2) is 71.2 Å². The Morgan fingerprint density at radius 3 is 2.33 bits per heavy atom. The molecule has 3 aromatic carbocycles. The summed E-state index contributed by atoms with van der Waals surface area (Å²) in [6.45, 7) is 3.82. The Labute approximate surface area is 167 Å². The van der Waals surface area contributed by atoms with Gasteiger partial charge in [0.1, 0.15) is 6.04 Å². The van der Waals surface area contributed by atoms with Crippen LogP contribution in [0.4, 0.5) is 5.69 Å². The highest BCUT2D eigenvalue weighted by Gasteiger charge is 2.25. The van der Waals surface area contributed by atoms with E-state index in [1.165, 1.54) is 0 Å². The Morgan fingerprint density at radius 2 is 1.63 bits per heavy atom. The van der Waals surface area contributed by atoms with Crippen LogP contribution in [0.1, 0.15) is 24.2 Å². The van der Waals surface area contributed by atoms with E-state index < -0.39 is 6.04 Å². The third-order valence-corrected chi connectivity index (χ3v) is 4.83. The molecule has 0 heterocycles. The Bertz CT molecular complexity index is 985. The van der Waals surface area contributed by atoms with Crippen LogP contribution in [0.5, 0.6) is 0 Å². The Balaban J connectivity index is 1.75. The first-order valence-electron chi connectivity index (χ1n) is 8.80. The maximum absolute atomic E-state index is 12.8. The van der Waals surface area contributed by atoms with E-state index in [4.69, 9.17) is 0 Å². The number of hydrogen-bond donors (Lipinski definition) is 2. The van der Waals surface area contributed by atoms with Crippen molar-refractivity contribution in [3.05, 3.63) is 76.8 Å². The number of anilines is 1. The van der Waals surface area contributed by atoms with Crippen molar-refractivity contribution in [1.29, 1.82) is 0 Å². The number of rotatable bonds is 5. The second-order valence-corrected chi connectivity index (χ2v) is 7.67. The lowest BCUT2D eigenvalue weighted by molar-refractivity contribution is -0.118. The van der Waals surface area contributed by atoms with Crippen molar-refractivity contribution < 1.29 is 9.59 Å². The molecule has 0 bridgehead atoms. The van der Waals surface area contributed by atoms with Gasteiger partial charge in [-0.1, -0.05) is 66.2 Å². The van der Waals surface area contributed by atoms with E-state index in [1.807, 2.05) is 62.4 Å². The SMILES string of the molecule is CC(C)C(NC(=O)c1cccc(Br)c1)C(=O)Nc1ccc2ccccc2c1. The molecule has 0 fully saturated rings. The maximum atomic E-state index is 12.8. The number of fused-ring (bicyclic) bond motifs is 1. The predicted molar refractivity (Wildman–Crippen MR) is 113 cm³/mol. The first kappa shape index (κ1) is 19.1. The van der Waals surface area contributed by atoms with Gasteiger partial charge in [-0.2, -0.15) is 0 Å². The van der Waals surface area contributed by atoms with Crippen LogP contribution in [0, 0.1) is 5.92 Å². The summed E-state index contributed by atoms with van der Waals surface area (Å²) >= 11 is 3.36. The summed E-state index contributed by atoms with van der Waals surface area (Å²) in [4.78, 5) is 25.3. The van der Waals surface area contributed by atoms with E-state index in [1.54, 1.807) is 18.2 Å². The summed E-state index contributed by atoms with van der Waals surface area (Å²) in [6, 6.07) is 20.2. The van der Waals surface area contributed by atoms with Crippen molar-refractivity contribution in [2.45, 2.75) is 19.9 Å². The highest BCUT2D eigenvalue weighted by molar-refractivity contribution is 9.10. The van der Waals surface area contributed by atoms with Crippen molar-refractivity contribution in [1.82, 2.24) is 5.32 Å². The zero-order chi connectivity index (χ0) is 19.4. The number of carbonyl (C=O) groups excluding carboxylic acids is 2. The molecule has 2 N–H and O–H groups in total. The van der Waals surface area contributed by atoms with E-state index in [0.717, 1.165) is 15.2 Å². The van der Waals surface area contributed by atoms with Gasteiger partial charge >= 0.3 is 0 Å². The lowest BCUT2D eigenvalue weighted by atomic mass is 10.0. The molecule has 3 rings (SSSR count). The van der Waals surface area contributed by atoms with E-state index in [0.29, 0.717) is 11.3 Å². The van der Waals surface area contributed by atoms with Crippen LogP contribution in [-0.2, 0) is 4.79 Å². The Kier molecular flexibility index (Phi) is 5.91. The minimum atomic E-state index is -0.636. The minimum absolute atomic E-state index is 0.0541. The summed E-state index contributed by atoms with van der Waals surface area (Å²) in [5, 5.41) is 7.93. The minimum Gasteiger partial charge on any atom is -0.340 e. The molecule has 0 saturated heterocycles. The van der Waals surface area contributed by atoms with Crippen LogP contribution in [-0.4, -0.2) is 17.9 Å². The fourth-order valence-corrected chi connectivity index (χ4v) is 3.28. The highest BCUT2D eigenvalue weighted by atomic mass is 79.9. The number of nitrogens with one attached hydrogen (secondary N) is 2. The van der Waals surface area contributed by atoms with Gasteiger partial charge in [0.2, 0.25) is 5.91 Å². The van der Waals surface area contributed by atoms with Gasteiger partial charge in [0.25, 0.3) is 5.91 Å². The number of hydrogen-bond acceptors (Lipinski definition) is 2. The van der Waals surface area contributed by atoms with E-state index >= 15 is 0 Å². The van der Waals surface area contributed by atoms with Crippen LogP contribution in [0.3, 0.4) is 0 Å². The lowest BCUT2D eigenvalue weighted by Gasteiger charge is -2.22. The van der Waals surface area contributed by atoms with Crippen molar-refractivity contribution in [2.24, 2.45) is 5.92 Å². The van der Waals surface area contributed by atoms with Gasteiger partial charge in [-0.15, -0.1) is 0 Å². The van der Waals surface area contributed by atoms with Crippen LogP contribution < -0.4 is 10.6 Å². The third kappa shape index (κ3) is 4.74. The molecule has 4 nitrogen and oxygen atoms in total. The summed E-state index contributed by atoms with van der Waals surface area (Å²) in [7, 11) is 0. The van der Waals surface area contributed by atoms with Crippen LogP contribution in [0.25, 0.3) is 10.8 Å². The van der Waals surface area contributed by atoms with Crippen LogP contribution >= 0.6 is 15.9 Å². The van der Waals surface area contributed by atoms with Crippen molar-refractivity contribution in [2.75, 3.05) is 5.32 Å². The number of carbonyl (C=O) groups is 2. The molecule has 138 valence electrons. The molecule has 3 aromatic rings. The monoisotopic (exact) mass is 424 g/mol. The molecule has 0 aromatic heterocycles. The molecule has 0 aliphatic carbocycles. The van der Waals surface area contributed by atoms with Gasteiger partial charge < -0.3 is 10.6 Å². The third-order valence-electron chi connectivity index (χ3n) is 4.34. The van der Waals surface area contributed by atoms with Gasteiger partial charge in [-0.25, -0.2) is 0 Å². The Morgan fingerprint density at radius 1 is 0.889 bits per heavy atom. The number of amides is 2. The maximum Gasteiger partial charge on any atom is 0.251 e. The molecule has 0 aliphatic rings. The van der Waals surface area contributed by atoms with Gasteiger partial charge in [0.15, 0.2) is 0 Å². The van der Waals surface area contributed by atoms with E-state index in [2.05, 4.69) is 26.6 Å². The molecule has 0 aliphatic heterocycles. The first-order valence-corrected chi connectivity index (χ1v) is 9.59. The van der Waals surface area contributed by atoms with Crippen LogP contribution in [0.2, 0.25) is 0 Å². The Hall–Kier alpha value is -2.66. The molecular formula is C22H21BrN2O2. The predicted octanol–water partition coefficient (Wildman–Crippen LogP) is 5.00. The van der Waals surface area contributed by atoms with Gasteiger partial charge in [-0.3, -0.25) is 9.59 Å². The topological polar surface area (TPSA) is 58.2 Å². The summed E-state index contributed by atoms with van der Waals surface area (Å²) in [5.74, 6) is -0.561. The number of halogens is 1. The molecule has 0 spiro atoms. The zero-order valence-electron chi connectivity index (χ0n) is 15.2. The standard InChI is InChI=1S/C22H21BrN2O2/c1-14(2)20(25-21(26)17-8-5-9-18(23)12-17)22(27)24-19-11-10-15-6-3-4-7-16(15)13-19/h3-14,20H,1-2H3,(H,24,27)(H,25,26). The largest absolute Gasteiger partial charge is 0.340 e. The molecule has 27 heavy (non-hydrogen) atoms. The van der Waals surface area contributed by atoms with Gasteiger partial charge in [0, 0.05) is 15.7 Å². The second kappa shape index (κ2) is 8.35. The van der Waals surface area contributed by atoms with Gasteiger partial charge in [-0.05, 0) is 47.0 Å². The lowest BCUT2D eigenvalue weighted by Crippen LogP contribution is -2.47. The zero-order valence-corrected chi connectivity index (χ0v) is 16.8. The fraction of sp³-hybridized carbons (Fsp3) is 0.182. The van der Waals surface area contributed by atoms with Crippen molar-refractivity contribution in [3.63, 3.8) is 0 Å². The van der Waals surface area contributed by atoms with Crippen molar-refractivity contribution >= 4 is 44.2 Å². The molecule has 0 radical (unpaired) electrons. The summed E-state index contributed by atoms with van der Waals surface area (Å²) < 4.78 is 0.817.